The van der Waals surface area contributed by atoms with Crippen LogP contribution >= 0.6 is 11.6 Å². The van der Waals surface area contributed by atoms with Gasteiger partial charge in [0.2, 0.25) is 0 Å². The minimum Gasteiger partial charge on any atom is -0.258 e. The van der Waals surface area contributed by atoms with Crippen molar-refractivity contribution in [1.29, 1.82) is 0 Å². The summed E-state index contributed by atoms with van der Waals surface area (Å²) in [6, 6.07) is 9.82. The van der Waals surface area contributed by atoms with Crippen molar-refractivity contribution in [3.05, 3.63) is 69.2 Å². The van der Waals surface area contributed by atoms with E-state index in [1.54, 1.807) is 6.07 Å². The number of hydrazone groups is 1. The molecule has 1 aliphatic rings. The van der Waals surface area contributed by atoms with Gasteiger partial charge in [-0.05, 0) is 17.7 Å². The third-order valence-electron chi connectivity index (χ3n) is 3.87. The molecule has 2 aromatic carbocycles. The second-order valence-electron chi connectivity index (χ2n) is 5.58. The number of halogens is 1. The molecule has 27 heavy (non-hydrogen) atoms. The summed E-state index contributed by atoms with van der Waals surface area (Å²) in [6.07, 6.45) is 1.81. The Bertz CT molecular complexity index is 1020. The van der Waals surface area contributed by atoms with Crippen LogP contribution in [0.1, 0.15) is 18.0 Å². The van der Waals surface area contributed by atoms with Crippen LogP contribution < -0.4 is 4.72 Å². The van der Waals surface area contributed by atoms with Crippen LogP contribution in [0, 0.1) is 10.1 Å². The van der Waals surface area contributed by atoms with Gasteiger partial charge in [-0.1, -0.05) is 35.9 Å². The molecule has 3 rings (SSSR count). The number of amides is 2. The van der Waals surface area contributed by atoms with Gasteiger partial charge in [-0.15, -0.1) is 0 Å². The van der Waals surface area contributed by atoms with E-state index in [4.69, 9.17) is 11.6 Å². The van der Waals surface area contributed by atoms with E-state index in [-0.39, 0.29) is 15.6 Å². The SMILES string of the molecule is O=C(NS(=O)(=O)c1ccccc1Cl)N1N=CCC1c1ccc([N+](=O)[O-])cc1. The van der Waals surface area contributed by atoms with Gasteiger partial charge in [0, 0.05) is 24.8 Å². The zero-order valence-electron chi connectivity index (χ0n) is 13.6. The lowest BCUT2D eigenvalue weighted by atomic mass is 10.0. The Kier molecular flexibility index (Phi) is 5.10. The fourth-order valence-corrected chi connectivity index (χ4v) is 4.04. The quantitative estimate of drug-likeness (QED) is 0.615. The van der Waals surface area contributed by atoms with E-state index in [1.165, 1.54) is 48.7 Å². The van der Waals surface area contributed by atoms with Gasteiger partial charge in [0.05, 0.1) is 16.0 Å². The Balaban J connectivity index is 1.80. The number of carbonyl (C=O) groups excluding carboxylic acids is 1. The van der Waals surface area contributed by atoms with Gasteiger partial charge in [-0.2, -0.15) is 5.10 Å². The van der Waals surface area contributed by atoms with Gasteiger partial charge in [0.1, 0.15) is 4.90 Å². The maximum Gasteiger partial charge on any atom is 0.352 e. The molecule has 140 valence electrons. The molecule has 0 aromatic heterocycles. The van der Waals surface area contributed by atoms with E-state index in [1.807, 2.05) is 4.72 Å². The fraction of sp³-hybridized carbons (Fsp3) is 0.125. The monoisotopic (exact) mass is 408 g/mol. The van der Waals surface area contributed by atoms with Crippen LogP contribution in [-0.2, 0) is 10.0 Å². The first kappa shape index (κ1) is 18.8. The van der Waals surface area contributed by atoms with E-state index >= 15 is 0 Å². The first-order valence-corrected chi connectivity index (χ1v) is 9.53. The van der Waals surface area contributed by atoms with E-state index in [2.05, 4.69) is 5.10 Å². The van der Waals surface area contributed by atoms with Crippen molar-refractivity contribution in [1.82, 2.24) is 9.73 Å². The van der Waals surface area contributed by atoms with Crippen LogP contribution in [0.25, 0.3) is 0 Å². The van der Waals surface area contributed by atoms with Gasteiger partial charge in [-0.3, -0.25) is 10.1 Å². The second-order valence-corrected chi connectivity index (χ2v) is 7.64. The van der Waals surface area contributed by atoms with Crippen molar-refractivity contribution in [2.24, 2.45) is 5.10 Å². The lowest BCUT2D eigenvalue weighted by Gasteiger charge is -2.22. The number of benzene rings is 2. The molecule has 1 heterocycles. The normalized spacial score (nSPS) is 16.3. The number of non-ortho nitro benzene ring substituents is 1. The Morgan fingerprint density at radius 1 is 1.22 bits per heavy atom. The van der Waals surface area contributed by atoms with Gasteiger partial charge in [-0.25, -0.2) is 22.9 Å². The van der Waals surface area contributed by atoms with E-state index in [9.17, 15) is 23.3 Å². The zero-order valence-corrected chi connectivity index (χ0v) is 15.2. The number of rotatable bonds is 4. The number of nitrogens with one attached hydrogen (secondary N) is 1. The Morgan fingerprint density at radius 3 is 2.52 bits per heavy atom. The number of nitro groups is 1. The Morgan fingerprint density at radius 2 is 1.89 bits per heavy atom. The maximum absolute atomic E-state index is 12.5. The summed E-state index contributed by atoms with van der Waals surface area (Å²) in [5, 5.41) is 15.6. The molecule has 0 saturated carbocycles. The lowest BCUT2D eigenvalue weighted by Crippen LogP contribution is -2.40. The molecule has 1 atom stereocenters. The summed E-state index contributed by atoms with van der Waals surface area (Å²) >= 11 is 5.89. The smallest absolute Gasteiger partial charge is 0.258 e. The first-order chi connectivity index (χ1) is 12.8. The molecule has 0 spiro atoms. The Labute approximate surface area is 159 Å². The number of hydrogen-bond acceptors (Lipinski definition) is 6. The third-order valence-corrected chi connectivity index (χ3v) is 5.69. The fourth-order valence-electron chi connectivity index (χ4n) is 2.58. The summed E-state index contributed by atoms with van der Waals surface area (Å²) in [7, 11) is -4.19. The molecule has 1 aliphatic heterocycles. The molecule has 0 bridgehead atoms. The number of sulfonamides is 1. The van der Waals surface area contributed by atoms with Gasteiger partial charge in [0.25, 0.3) is 15.7 Å². The highest BCUT2D eigenvalue weighted by molar-refractivity contribution is 7.90. The van der Waals surface area contributed by atoms with Crippen LogP contribution in [0.4, 0.5) is 10.5 Å². The minimum atomic E-state index is -4.19. The highest BCUT2D eigenvalue weighted by atomic mass is 35.5. The molecule has 1 unspecified atom stereocenters. The molecule has 0 radical (unpaired) electrons. The standard InChI is InChI=1S/C16H13ClN4O5S/c17-13-3-1-2-4-15(13)27(25,26)19-16(22)20-14(9-10-18-20)11-5-7-12(8-6-11)21(23)24/h1-8,10,14H,9H2,(H,19,22). The number of urea groups is 1. The average Bonchev–Trinajstić information content (AvgIpc) is 3.11. The molecular weight excluding hydrogens is 396 g/mol. The molecule has 11 heteroatoms. The van der Waals surface area contributed by atoms with Gasteiger partial charge < -0.3 is 0 Å². The summed E-state index contributed by atoms with van der Waals surface area (Å²) in [4.78, 5) is 22.5. The third kappa shape index (κ3) is 3.91. The predicted octanol–water partition coefficient (Wildman–Crippen LogP) is 3.08. The number of hydrogen-bond donors (Lipinski definition) is 1. The lowest BCUT2D eigenvalue weighted by molar-refractivity contribution is -0.384. The zero-order chi connectivity index (χ0) is 19.6. The molecule has 0 aliphatic carbocycles. The van der Waals surface area contributed by atoms with Crippen molar-refractivity contribution in [3.8, 4) is 0 Å². The molecule has 2 aromatic rings. The highest BCUT2D eigenvalue weighted by Crippen LogP contribution is 2.30. The van der Waals surface area contributed by atoms with Crippen molar-refractivity contribution in [2.45, 2.75) is 17.4 Å². The van der Waals surface area contributed by atoms with Crippen LogP contribution in [-0.4, -0.2) is 30.6 Å². The summed E-state index contributed by atoms with van der Waals surface area (Å²) in [5.41, 5.74) is 0.498. The molecule has 0 fully saturated rings. The van der Waals surface area contributed by atoms with E-state index in [0.717, 1.165) is 5.01 Å². The average molecular weight is 409 g/mol. The molecule has 2 amide bonds. The van der Waals surface area contributed by atoms with Gasteiger partial charge >= 0.3 is 6.03 Å². The Hall–Kier alpha value is -2.98. The summed E-state index contributed by atoms with van der Waals surface area (Å²) < 4.78 is 26.8. The predicted molar refractivity (Wildman–Crippen MR) is 98.0 cm³/mol. The first-order valence-electron chi connectivity index (χ1n) is 7.67. The molecular formula is C16H13ClN4O5S. The number of nitro benzene ring substituents is 1. The molecule has 1 N–H and O–H groups in total. The second kappa shape index (κ2) is 7.33. The topological polar surface area (TPSA) is 122 Å². The highest BCUT2D eigenvalue weighted by Gasteiger charge is 2.32. The van der Waals surface area contributed by atoms with E-state index in [0.29, 0.717) is 12.0 Å². The number of nitrogens with zero attached hydrogens (tertiary/aromatic N) is 3. The van der Waals surface area contributed by atoms with Crippen molar-refractivity contribution < 1.29 is 18.1 Å². The molecule has 9 nitrogen and oxygen atoms in total. The molecule has 0 saturated heterocycles. The van der Waals surface area contributed by atoms with Crippen molar-refractivity contribution in [3.63, 3.8) is 0 Å². The largest absolute Gasteiger partial charge is 0.352 e. The number of carbonyl (C=O) groups is 1. The summed E-state index contributed by atoms with van der Waals surface area (Å²) in [5.74, 6) is 0. The van der Waals surface area contributed by atoms with Crippen LogP contribution in [0.2, 0.25) is 5.02 Å². The van der Waals surface area contributed by atoms with Crippen LogP contribution in [0.3, 0.4) is 0 Å². The summed E-state index contributed by atoms with van der Waals surface area (Å²) in [6.45, 7) is 0. The van der Waals surface area contributed by atoms with Crippen LogP contribution in [0.5, 0.6) is 0 Å². The van der Waals surface area contributed by atoms with Crippen molar-refractivity contribution >= 4 is 39.6 Å². The van der Waals surface area contributed by atoms with E-state index < -0.39 is 27.0 Å². The maximum atomic E-state index is 12.5. The van der Waals surface area contributed by atoms with Gasteiger partial charge in [0.15, 0.2) is 0 Å². The van der Waals surface area contributed by atoms with Crippen molar-refractivity contribution in [2.75, 3.05) is 0 Å². The minimum absolute atomic E-state index is 0.0188. The van der Waals surface area contributed by atoms with Crippen LogP contribution in [0.15, 0.2) is 58.5 Å².